The molecule has 4 rings (SSSR count). The number of rotatable bonds is 7. The molecule has 0 fully saturated rings. The van der Waals surface area contributed by atoms with E-state index in [9.17, 15) is 13.2 Å². The monoisotopic (exact) mass is 435 g/mol. The first-order valence-electron chi connectivity index (χ1n) is 10.4. The van der Waals surface area contributed by atoms with Crippen LogP contribution >= 0.6 is 0 Å². The van der Waals surface area contributed by atoms with Crippen LogP contribution in [0.2, 0.25) is 0 Å². The van der Waals surface area contributed by atoms with Crippen LogP contribution in [0.25, 0.3) is 0 Å². The average Bonchev–Trinajstić information content (AvgIpc) is 2.78. The molecule has 1 amide bonds. The summed E-state index contributed by atoms with van der Waals surface area (Å²) < 4.78 is 27.1. The van der Waals surface area contributed by atoms with Crippen molar-refractivity contribution >= 4 is 21.8 Å². The van der Waals surface area contributed by atoms with E-state index in [1.807, 2.05) is 48.5 Å². The molecule has 0 saturated heterocycles. The Bertz CT molecular complexity index is 1120. The van der Waals surface area contributed by atoms with E-state index in [0.29, 0.717) is 18.0 Å². The lowest BCUT2D eigenvalue weighted by Crippen LogP contribution is -2.38. The molecule has 1 unspecified atom stereocenters. The van der Waals surface area contributed by atoms with Crippen molar-refractivity contribution in [2.45, 2.75) is 25.3 Å². The SMILES string of the molecule is O=C(NC(CCCc1ccccc1)c1ccccc1)C1=CN2CCS(=O)(=O)N=C2C=C1. The number of carbonyl (C=O) groups is 1. The summed E-state index contributed by atoms with van der Waals surface area (Å²) in [4.78, 5) is 14.7. The molecule has 0 bridgehead atoms. The van der Waals surface area contributed by atoms with Crippen molar-refractivity contribution in [2.75, 3.05) is 12.3 Å². The molecule has 2 aromatic rings. The van der Waals surface area contributed by atoms with Crippen LogP contribution in [0.15, 0.2) is 89.0 Å². The number of benzene rings is 2. The van der Waals surface area contributed by atoms with Gasteiger partial charge in [0.2, 0.25) is 0 Å². The van der Waals surface area contributed by atoms with Crippen LogP contribution in [0.4, 0.5) is 0 Å². The number of carbonyl (C=O) groups excluding carboxylic acids is 1. The molecule has 0 spiro atoms. The first-order valence-corrected chi connectivity index (χ1v) is 12.0. The highest BCUT2D eigenvalue weighted by Crippen LogP contribution is 2.22. The second-order valence-corrected chi connectivity index (χ2v) is 9.42. The Labute approximate surface area is 183 Å². The van der Waals surface area contributed by atoms with Crippen LogP contribution in [0, 0.1) is 0 Å². The molecule has 7 heteroatoms. The zero-order valence-corrected chi connectivity index (χ0v) is 18.0. The predicted molar refractivity (Wildman–Crippen MR) is 122 cm³/mol. The summed E-state index contributed by atoms with van der Waals surface area (Å²) >= 11 is 0. The molecule has 2 heterocycles. The number of fused-ring (bicyclic) bond motifs is 1. The van der Waals surface area contributed by atoms with Crippen molar-refractivity contribution in [3.63, 3.8) is 0 Å². The number of nitrogens with one attached hydrogen (secondary N) is 1. The second-order valence-electron chi connectivity index (χ2n) is 7.66. The molecule has 2 aromatic carbocycles. The van der Waals surface area contributed by atoms with Crippen LogP contribution in [0.1, 0.15) is 30.0 Å². The van der Waals surface area contributed by atoms with Gasteiger partial charge in [-0.25, -0.2) is 8.42 Å². The van der Waals surface area contributed by atoms with Gasteiger partial charge in [-0.15, -0.1) is 4.40 Å². The highest BCUT2D eigenvalue weighted by molar-refractivity contribution is 7.90. The van der Waals surface area contributed by atoms with E-state index in [2.05, 4.69) is 21.8 Å². The number of sulfonamides is 1. The molecule has 0 aromatic heterocycles. The summed E-state index contributed by atoms with van der Waals surface area (Å²) in [5.41, 5.74) is 2.84. The number of amides is 1. The topological polar surface area (TPSA) is 78.8 Å². The summed E-state index contributed by atoms with van der Waals surface area (Å²) in [6.07, 6.45) is 7.59. The fraction of sp³-hybridized carbons (Fsp3) is 0.250. The lowest BCUT2D eigenvalue weighted by Gasteiger charge is -2.27. The molecular weight excluding hydrogens is 410 g/mol. The first-order chi connectivity index (χ1) is 15.0. The minimum Gasteiger partial charge on any atom is -0.345 e. The van der Waals surface area contributed by atoms with Gasteiger partial charge in [0, 0.05) is 12.7 Å². The second kappa shape index (κ2) is 9.31. The quantitative estimate of drug-likeness (QED) is 0.723. The molecule has 0 aliphatic carbocycles. The fourth-order valence-corrected chi connectivity index (χ4v) is 4.71. The Morgan fingerprint density at radius 3 is 2.48 bits per heavy atom. The van der Waals surface area contributed by atoms with E-state index in [1.165, 1.54) is 5.56 Å². The molecule has 6 nitrogen and oxygen atoms in total. The van der Waals surface area contributed by atoms with Crippen LogP contribution < -0.4 is 5.32 Å². The molecule has 2 aliphatic rings. The minimum absolute atomic E-state index is 0.0537. The van der Waals surface area contributed by atoms with Gasteiger partial charge < -0.3 is 10.2 Å². The van der Waals surface area contributed by atoms with Crippen LogP contribution in [0.5, 0.6) is 0 Å². The van der Waals surface area contributed by atoms with Gasteiger partial charge in [-0.3, -0.25) is 4.79 Å². The summed E-state index contributed by atoms with van der Waals surface area (Å²) in [6, 6.07) is 20.2. The smallest absolute Gasteiger partial charge is 0.256 e. The van der Waals surface area contributed by atoms with Crippen LogP contribution in [-0.2, 0) is 21.2 Å². The van der Waals surface area contributed by atoms with Gasteiger partial charge in [0.15, 0.2) is 0 Å². The molecule has 1 N–H and O–H groups in total. The Morgan fingerprint density at radius 2 is 1.74 bits per heavy atom. The minimum atomic E-state index is -3.41. The van der Waals surface area contributed by atoms with Crippen molar-refractivity contribution in [3.05, 3.63) is 95.7 Å². The third-order valence-electron chi connectivity index (χ3n) is 5.39. The van der Waals surface area contributed by atoms with Gasteiger partial charge in [0.1, 0.15) is 5.84 Å². The summed E-state index contributed by atoms with van der Waals surface area (Å²) in [7, 11) is -3.41. The Kier molecular flexibility index (Phi) is 6.32. The van der Waals surface area contributed by atoms with Crippen molar-refractivity contribution in [1.29, 1.82) is 0 Å². The van der Waals surface area contributed by atoms with Gasteiger partial charge in [0.05, 0.1) is 17.4 Å². The number of nitrogens with zero attached hydrogens (tertiary/aromatic N) is 2. The molecular formula is C24H25N3O3S. The molecule has 0 saturated carbocycles. The van der Waals surface area contributed by atoms with E-state index < -0.39 is 10.0 Å². The highest BCUT2D eigenvalue weighted by Gasteiger charge is 2.25. The van der Waals surface area contributed by atoms with E-state index in [0.717, 1.165) is 24.8 Å². The lowest BCUT2D eigenvalue weighted by molar-refractivity contribution is -0.118. The molecule has 0 radical (unpaired) electrons. The van der Waals surface area contributed by atoms with Crippen molar-refractivity contribution in [1.82, 2.24) is 10.2 Å². The Hall–Kier alpha value is -3.19. The summed E-state index contributed by atoms with van der Waals surface area (Å²) in [5.74, 6) is 0.115. The van der Waals surface area contributed by atoms with Gasteiger partial charge >= 0.3 is 0 Å². The summed E-state index contributed by atoms with van der Waals surface area (Å²) in [6.45, 7) is 0.293. The first kappa shape index (κ1) is 21.1. The Morgan fingerprint density at radius 1 is 1.03 bits per heavy atom. The number of hydrogen-bond donors (Lipinski definition) is 1. The Balaban J connectivity index is 1.45. The molecule has 2 aliphatic heterocycles. The largest absolute Gasteiger partial charge is 0.345 e. The van der Waals surface area contributed by atoms with E-state index in [-0.39, 0.29) is 17.7 Å². The van der Waals surface area contributed by atoms with E-state index in [1.54, 1.807) is 23.3 Å². The predicted octanol–water partition coefficient (Wildman–Crippen LogP) is 3.36. The number of amidine groups is 1. The van der Waals surface area contributed by atoms with Gasteiger partial charge in [-0.1, -0.05) is 60.7 Å². The highest BCUT2D eigenvalue weighted by atomic mass is 32.2. The van der Waals surface area contributed by atoms with Crippen molar-refractivity contribution < 1.29 is 13.2 Å². The molecule has 160 valence electrons. The maximum Gasteiger partial charge on any atom is 0.256 e. The zero-order valence-electron chi connectivity index (χ0n) is 17.1. The average molecular weight is 436 g/mol. The third kappa shape index (κ3) is 5.49. The van der Waals surface area contributed by atoms with Gasteiger partial charge in [-0.05, 0) is 42.5 Å². The number of hydrogen-bond acceptors (Lipinski definition) is 4. The van der Waals surface area contributed by atoms with Crippen molar-refractivity contribution in [3.8, 4) is 0 Å². The molecule has 1 atom stereocenters. The van der Waals surface area contributed by atoms with Crippen LogP contribution in [0.3, 0.4) is 0 Å². The standard InChI is InChI=1S/C24H25N3O3S/c28-24(21-14-15-23-26-31(29,30)17-16-27(23)18-21)25-22(20-11-5-2-6-12-20)13-7-10-19-8-3-1-4-9-19/h1-6,8-9,11-12,14-15,18,22H,7,10,13,16-17H2,(H,25,28). The maximum absolute atomic E-state index is 13.0. The summed E-state index contributed by atoms with van der Waals surface area (Å²) in [5, 5.41) is 3.16. The van der Waals surface area contributed by atoms with Gasteiger partial charge in [0.25, 0.3) is 15.9 Å². The van der Waals surface area contributed by atoms with E-state index in [4.69, 9.17) is 0 Å². The zero-order chi connectivity index (χ0) is 21.7. The van der Waals surface area contributed by atoms with Crippen LogP contribution in [-0.4, -0.2) is 37.4 Å². The fourth-order valence-electron chi connectivity index (χ4n) is 3.74. The van der Waals surface area contributed by atoms with Crippen molar-refractivity contribution in [2.24, 2.45) is 4.40 Å². The normalized spacial score (nSPS) is 17.9. The van der Waals surface area contributed by atoms with E-state index >= 15 is 0 Å². The van der Waals surface area contributed by atoms with Gasteiger partial charge in [-0.2, -0.15) is 0 Å². The third-order valence-corrected chi connectivity index (χ3v) is 6.56. The molecule has 31 heavy (non-hydrogen) atoms. The maximum atomic E-state index is 13.0. The lowest BCUT2D eigenvalue weighted by atomic mass is 9.98. The number of aryl methyl sites for hydroxylation is 1.